The summed E-state index contributed by atoms with van der Waals surface area (Å²) in [5.74, 6) is 1.35. The van der Waals surface area contributed by atoms with Gasteiger partial charge in [-0.3, -0.25) is 0 Å². The number of carbonyl (C=O) groups excluding carboxylic acids is 1. The SMILES string of the molecule is CCCCC/C=C\CCCC(CCC/C=C\CCCCC)C(CC/C=C\CCCCC)C(CCCOC(N)=O)N(C)C. The summed E-state index contributed by atoms with van der Waals surface area (Å²) in [6.45, 7) is 7.24. The van der Waals surface area contributed by atoms with E-state index in [4.69, 9.17) is 10.5 Å². The summed E-state index contributed by atoms with van der Waals surface area (Å²) < 4.78 is 5.11. The Kier molecular flexibility index (Phi) is 29.8. The highest BCUT2D eigenvalue weighted by Gasteiger charge is 2.29. The van der Waals surface area contributed by atoms with Crippen LogP contribution in [-0.2, 0) is 4.74 Å². The van der Waals surface area contributed by atoms with E-state index < -0.39 is 6.09 Å². The van der Waals surface area contributed by atoms with Gasteiger partial charge in [0.1, 0.15) is 0 Å². The maximum atomic E-state index is 11.1. The van der Waals surface area contributed by atoms with Crippen molar-refractivity contribution in [3.05, 3.63) is 36.5 Å². The zero-order chi connectivity index (χ0) is 31.1. The first-order chi connectivity index (χ1) is 20.5. The first-order valence-corrected chi connectivity index (χ1v) is 18.0. The Balaban J connectivity index is 5.47. The molecule has 2 N–H and O–H groups in total. The third-order valence-electron chi connectivity index (χ3n) is 8.63. The lowest BCUT2D eigenvalue weighted by molar-refractivity contribution is 0.110. The van der Waals surface area contributed by atoms with Gasteiger partial charge >= 0.3 is 6.09 Å². The number of hydrogen-bond acceptors (Lipinski definition) is 3. The molecule has 246 valence electrons. The topological polar surface area (TPSA) is 55.6 Å². The van der Waals surface area contributed by atoms with Crippen molar-refractivity contribution in [2.45, 2.75) is 168 Å². The zero-order valence-electron chi connectivity index (χ0n) is 28.8. The normalized spacial score (nSPS) is 13.8. The van der Waals surface area contributed by atoms with Gasteiger partial charge in [-0.1, -0.05) is 95.8 Å². The van der Waals surface area contributed by atoms with Crippen molar-refractivity contribution in [3.63, 3.8) is 0 Å². The predicted octanol–water partition coefficient (Wildman–Crippen LogP) is 11.6. The van der Waals surface area contributed by atoms with Crippen LogP contribution in [0.25, 0.3) is 0 Å². The number of nitrogens with two attached hydrogens (primary N) is 1. The Labute approximate surface area is 263 Å². The predicted molar refractivity (Wildman–Crippen MR) is 186 cm³/mol. The highest BCUT2D eigenvalue weighted by Crippen LogP contribution is 2.34. The Hall–Kier alpha value is -1.55. The van der Waals surface area contributed by atoms with E-state index in [0.717, 1.165) is 19.3 Å². The Morgan fingerprint density at radius 2 is 1.02 bits per heavy atom. The van der Waals surface area contributed by atoms with Crippen LogP contribution in [0.1, 0.15) is 162 Å². The molecule has 0 rings (SSSR count). The Morgan fingerprint density at radius 3 is 1.43 bits per heavy atom. The van der Waals surface area contributed by atoms with Gasteiger partial charge in [0.25, 0.3) is 0 Å². The molecular weight excluding hydrogens is 516 g/mol. The summed E-state index contributed by atoms with van der Waals surface area (Å²) in [7, 11) is 4.48. The van der Waals surface area contributed by atoms with Crippen LogP contribution in [-0.4, -0.2) is 37.7 Å². The molecule has 0 aliphatic heterocycles. The minimum absolute atomic E-state index is 0.417. The van der Waals surface area contributed by atoms with Gasteiger partial charge in [0, 0.05) is 6.04 Å². The van der Waals surface area contributed by atoms with Crippen molar-refractivity contribution < 1.29 is 9.53 Å². The fourth-order valence-corrected chi connectivity index (χ4v) is 6.16. The molecule has 0 aliphatic rings. The quantitative estimate of drug-likeness (QED) is 0.0670. The molecule has 0 bridgehead atoms. The molecule has 2 unspecified atom stereocenters. The molecule has 0 aromatic carbocycles. The van der Waals surface area contributed by atoms with Gasteiger partial charge in [-0.2, -0.15) is 0 Å². The molecule has 0 spiro atoms. The lowest BCUT2D eigenvalue weighted by atomic mass is 9.75. The lowest BCUT2D eigenvalue weighted by Gasteiger charge is -2.38. The number of ether oxygens (including phenoxy) is 1. The van der Waals surface area contributed by atoms with E-state index in [0.29, 0.717) is 24.5 Å². The number of rotatable bonds is 30. The van der Waals surface area contributed by atoms with Crippen molar-refractivity contribution in [3.8, 4) is 0 Å². The summed E-state index contributed by atoms with van der Waals surface area (Å²) in [5.41, 5.74) is 5.24. The third-order valence-corrected chi connectivity index (χ3v) is 8.63. The molecule has 0 fully saturated rings. The molecule has 1 amide bonds. The van der Waals surface area contributed by atoms with Gasteiger partial charge < -0.3 is 15.4 Å². The van der Waals surface area contributed by atoms with Crippen molar-refractivity contribution >= 4 is 6.09 Å². The van der Waals surface area contributed by atoms with Crippen LogP contribution in [0.2, 0.25) is 0 Å². The van der Waals surface area contributed by atoms with Crippen LogP contribution in [0.4, 0.5) is 4.79 Å². The van der Waals surface area contributed by atoms with Gasteiger partial charge in [-0.15, -0.1) is 0 Å². The molecule has 2 atom stereocenters. The first kappa shape index (κ1) is 40.5. The molecule has 0 aromatic rings. The second-order valence-electron chi connectivity index (χ2n) is 12.6. The van der Waals surface area contributed by atoms with Crippen molar-refractivity contribution in [2.24, 2.45) is 17.6 Å². The third kappa shape index (κ3) is 25.0. The van der Waals surface area contributed by atoms with Gasteiger partial charge in [-0.25, -0.2) is 4.79 Å². The van der Waals surface area contributed by atoms with E-state index >= 15 is 0 Å². The monoisotopic (exact) mass is 589 g/mol. The number of nitrogens with zero attached hydrogens (tertiary/aromatic N) is 1. The van der Waals surface area contributed by atoms with Crippen LogP contribution < -0.4 is 5.73 Å². The van der Waals surface area contributed by atoms with Gasteiger partial charge in [0.05, 0.1) is 6.61 Å². The molecule has 0 saturated carbocycles. The number of carbonyl (C=O) groups is 1. The van der Waals surface area contributed by atoms with Crippen molar-refractivity contribution in [2.75, 3.05) is 20.7 Å². The molecule has 42 heavy (non-hydrogen) atoms. The highest BCUT2D eigenvalue weighted by atomic mass is 16.5. The van der Waals surface area contributed by atoms with Gasteiger partial charge in [0.2, 0.25) is 0 Å². The fraction of sp³-hybridized carbons (Fsp3) is 0.816. The zero-order valence-corrected chi connectivity index (χ0v) is 28.8. The minimum atomic E-state index is -0.662. The highest BCUT2D eigenvalue weighted by molar-refractivity contribution is 5.64. The Bertz CT molecular complexity index is 644. The van der Waals surface area contributed by atoms with Gasteiger partial charge in [0.15, 0.2) is 0 Å². The molecule has 0 aromatic heterocycles. The maximum absolute atomic E-state index is 11.1. The van der Waals surface area contributed by atoms with Crippen molar-refractivity contribution in [1.29, 1.82) is 0 Å². The Morgan fingerprint density at radius 1 is 0.595 bits per heavy atom. The van der Waals surface area contributed by atoms with E-state index in [9.17, 15) is 4.79 Å². The molecule has 0 saturated heterocycles. The molecule has 0 heterocycles. The second-order valence-corrected chi connectivity index (χ2v) is 12.6. The second kappa shape index (κ2) is 30.9. The van der Waals surface area contributed by atoms with E-state index in [1.165, 1.54) is 122 Å². The van der Waals surface area contributed by atoms with Crippen LogP contribution in [0, 0.1) is 11.8 Å². The number of hydrogen-bond donors (Lipinski definition) is 1. The van der Waals surface area contributed by atoms with Gasteiger partial charge in [-0.05, 0) is 129 Å². The number of amides is 1. The van der Waals surface area contributed by atoms with E-state index in [2.05, 4.69) is 76.2 Å². The number of primary amides is 1. The smallest absolute Gasteiger partial charge is 0.404 e. The minimum Gasteiger partial charge on any atom is -0.450 e. The lowest BCUT2D eigenvalue weighted by Crippen LogP contribution is -2.39. The van der Waals surface area contributed by atoms with E-state index in [-0.39, 0.29) is 0 Å². The largest absolute Gasteiger partial charge is 0.450 e. The van der Waals surface area contributed by atoms with Crippen molar-refractivity contribution in [1.82, 2.24) is 4.90 Å². The molecular formula is C38H72N2O2. The first-order valence-electron chi connectivity index (χ1n) is 18.0. The number of allylic oxidation sites excluding steroid dienone is 6. The summed E-state index contributed by atoms with van der Waals surface area (Å²) in [6.07, 6.45) is 41.2. The summed E-state index contributed by atoms with van der Waals surface area (Å²) >= 11 is 0. The number of unbranched alkanes of at least 4 members (excludes halogenated alkanes) is 11. The summed E-state index contributed by atoms with van der Waals surface area (Å²) in [5, 5.41) is 0. The van der Waals surface area contributed by atoms with Crippen LogP contribution >= 0.6 is 0 Å². The maximum Gasteiger partial charge on any atom is 0.404 e. The standard InChI is InChI=1S/C38H72N2O2/c1-6-9-12-15-18-21-23-26-30-35(31-27-24-22-19-16-13-10-7-2)36(32-28-25-20-17-14-11-8-3)37(40(4)5)33-29-34-42-38(39)41/h18-22,25,35-37H,6-17,23-24,26-34H2,1-5H3,(H2,39,41)/b21-18-,22-19-,25-20-. The van der Waals surface area contributed by atoms with Crippen LogP contribution in [0.3, 0.4) is 0 Å². The van der Waals surface area contributed by atoms with E-state index in [1.807, 2.05) is 0 Å². The average Bonchev–Trinajstić information content (AvgIpc) is 2.96. The summed E-state index contributed by atoms with van der Waals surface area (Å²) in [4.78, 5) is 13.6. The van der Waals surface area contributed by atoms with Crippen LogP contribution in [0.5, 0.6) is 0 Å². The summed E-state index contributed by atoms with van der Waals surface area (Å²) in [6, 6.07) is 0.481. The molecule has 0 aliphatic carbocycles. The fourth-order valence-electron chi connectivity index (χ4n) is 6.16. The molecule has 4 heteroatoms. The molecule has 4 nitrogen and oxygen atoms in total. The van der Waals surface area contributed by atoms with E-state index in [1.54, 1.807) is 0 Å². The molecule has 0 radical (unpaired) electrons. The average molecular weight is 589 g/mol. The van der Waals surface area contributed by atoms with Crippen LogP contribution in [0.15, 0.2) is 36.5 Å².